The van der Waals surface area contributed by atoms with Crippen molar-refractivity contribution in [1.29, 1.82) is 0 Å². The second-order valence-electron chi connectivity index (χ2n) is 6.19. The minimum Gasteiger partial charge on any atom is -0.341 e. The van der Waals surface area contributed by atoms with Crippen molar-refractivity contribution in [3.8, 4) is 0 Å². The first-order valence-corrected chi connectivity index (χ1v) is 9.92. The normalized spacial score (nSPS) is 10.9. The van der Waals surface area contributed by atoms with Gasteiger partial charge >= 0.3 is 6.03 Å². The molecule has 7 nitrogen and oxygen atoms in total. The average Bonchev–Trinajstić information content (AvgIpc) is 2.71. The fraction of sp³-hybridized carbons (Fsp3) is 0.429. The van der Waals surface area contributed by atoms with Crippen LogP contribution in [0.2, 0.25) is 0 Å². The van der Waals surface area contributed by atoms with Crippen molar-refractivity contribution in [2.45, 2.75) is 40.5 Å². The number of urea groups is 1. The number of hydrogen-bond donors (Lipinski definition) is 1. The summed E-state index contributed by atoms with van der Waals surface area (Å²) in [5.74, 6) is 1.13. The summed E-state index contributed by atoms with van der Waals surface area (Å²) < 4.78 is 0. The van der Waals surface area contributed by atoms with Crippen LogP contribution in [0.1, 0.15) is 40.5 Å². The molecule has 28 heavy (non-hydrogen) atoms. The Morgan fingerprint density at radius 1 is 1.11 bits per heavy atom. The number of carbonyl (C=O) groups excluding carboxylic acids is 1. The molecule has 2 rings (SSSR count). The molecule has 0 saturated carbocycles. The van der Waals surface area contributed by atoms with E-state index in [1.54, 1.807) is 11.1 Å². The number of aliphatic imine (C=N–C) groups is 1. The van der Waals surface area contributed by atoms with E-state index in [1.807, 2.05) is 43.5 Å². The predicted octanol–water partition coefficient (Wildman–Crippen LogP) is 4.88. The Balaban J connectivity index is 2.37. The average molecular weight is 383 g/mol. The van der Waals surface area contributed by atoms with Crippen molar-refractivity contribution >= 4 is 35.4 Å². The van der Waals surface area contributed by atoms with E-state index in [2.05, 4.69) is 45.9 Å². The highest BCUT2D eigenvalue weighted by Crippen LogP contribution is 2.28. The molecule has 0 spiro atoms. The lowest BCUT2D eigenvalue weighted by molar-refractivity contribution is 0.257. The van der Waals surface area contributed by atoms with E-state index >= 15 is 0 Å². The predicted molar refractivity (Wildman–Crippen MR) is 117 cm³/mol. The number of aromatic nitrogens is 2. The van der Waals surface area contributed by atoms with Crippen LogP contribution in [0.3, 0.4) is 0 Å². The quantitative estimate of drug-likeness (QED) is 0.627. The largest absolute Gasteiger partial charge is 0.341 e. The molecule has 1 aromatic carbocycles. The van der Waals surface area contributed by atoms with Crippen molar-refractivity contribution in [2.75, 3.05) is 34.8 Å². The van der Waals surface area contributed by atoms with Crippen molar-refractivity contribution in [3.05, 3.63) is 36.5 Å². The number of unbranched alkanes of at least 4 members (excludes halogenated alkanes) is 1. The summed E-state index contributed by atoms with van der Waals surface area (Å²) in [6, 6.07) is 9.15. The fourth-order valence-electron chi connectivity index (χ4n) is 2.72. The monoisotopic (exact) mass is 382 g/mol. The summed E-state index contributed by atoms with van der Waals surface area (Å²) in [4.78, 5) is 30.2. The summed E-state index contributed by atoms with van der Waals surface area (Å²) >= 11 is 0. The number of hydrogen-bond acceptors (Lipinski definition) is 5. The summed E-state index contributed by atoms with van der Waals surface area (Å²) in [5.41, 5.74) is 1.34. The Bertz CT molecular complexity index is 774. The molecule has 0 fully saturated rings. The molecule has 0 saturated heterocycles. The van der Waals surface area contributed by atoms with Gasteiger partial charge in [0.15, 0.2) is 5.82 Å². The van der Waals surface area contributed by atoms with Crippen LogP contribution in [-0.4, -0.2) is 41.8 Å². The van der Waals surface area contributed by atoms with Gasteiger partial charge in [0.25, 0.3) is 0 Å². The zero-order valence-electron chi connectivity index (χ0n) is 17.2. The summed E-state index contributed by atoms with van der Waals surface area (Å²) in [5, 5.41) is 2.91. The molecule has 0 bridgehead atoms. The molecule has 0 atom stereocenters. The highest BCUT2D eigenvalue weighted by Gasteiger charge is 2.20. The number of anilines is 3. The number of nitrogens with one attached hydrogen (secondary N) is 1. The Morgan fingerprint density at radius 2 is 1.82 bits per heavy atom. The molecule has 0 aliphatic carbocycles. The van der Waals surface area contributed by atoms with Gasteiger partial charge in [0.05, 0.1) is 6.20 Å². The number of rotatable bonds is 9. The smallest absolute Gasteiger partial charge is 0.326 e. The Hall–Kier alpha value is -2.96. The SMILES string of the molecule is CCCC=Nc1nc(N(CC)CC)ncc1N(CC)C(=O)Nc1ccccc1. The Kier molecular flexibility index (Phi) is 8.39. The lowest BCUT2D eigenvalue weighted by Gasteiger charge is -2.24. The number of carbonyl (C=O) groups is 1. The molecule has 0 unspecified atom stereocenters. The Labute approximate surface area is 167 Å². The molecule has 0 radical (unpaired) electrons. The van der Waals surface area contributed by atoms with Gasteiger partial charge in [-0.15, -0.1) is 0 Å². The lowest BCUT2D eigenvalue weighted by atomic mass is 10.3. The summed E-state index contributed by atoms with van der Waals surface area (Å²) in [7, 11) is 0. The standard InChI is InChI=1S/C21H30N6O/c1-5-9-15-22-19-18(16-23-20(25-19)26(6-2)7-3)27(8-4)21(28)24-17-13-11-10-12-14-17/h10-16H,5-9H2,1-4H3,(H,24,28). The van der Waals surface area contributed by atoms with Gasteiger partial charge in [-0.1, -0.05) is 31.5 Å². The van der Waals surface area contributed by atoms with Gasteiger partial charge in [0, 0.05) is 31.5 Å². The van der Waals surface area contributed by atoms with Crippen LogP contribution in [-0.2, 0) is 0 Å². The van der Waals surface area contributed by atoms with Crippen molar-refractivity contribution in [1.82, 2.24) is 9.97 Å². The maximum atomic E-state index is 12.9. The highest BCUT2D eigenvalue weighted by molar-refractivity contribution is 6.03. The topological polar surface area (TPSA) is 73.7 Å². The van der Waals surface area contributed by atoms with Crippen LogP contribution in [0.15, 0.2) is 41.5 Å². The lowest BCUT2D eigenvalue weighted by Crippen LogP contribution is -2.35. The van der Waals surface area contributed by atoms with E-state index in [0.717, 1.165) is 31.6 Å². The molecule has 0 aliphatic rings. The van der Waals surface area contributed by atoms with Crippen molar-refractivity contribution in [3.63, 3.8) is 0 Å². The third-order valence-electron chi connectivity index (χ3n) is 4.29. The fourth-order valence-corrected chi connectivity index (χ4v) is 2.72. The minimum absolute atomic E-state index is 0.236. The Morgan fingerprint density at radius 3 is 2.43 bits per heavy atom. The molecular weight excluding hydrogens is 352 g/mol. The molecule has 7 heteroatoms. The van der Waals surface area contributed by atoms with Gasteiger partial charge in [0.1, 0.15) is 5.69 Å². The van der Waals surface area contributed by atoms with Crippen LogP contribution in [0.4, 0.5) is 27.9 Å². The molecular formula is C21H30N6O. The summed E-state index contributed by atoms with van der Waals surface area (Å²) in [6.07, 6.45) is 5.39. The number of para-hydroxylation sites is 1. The van der Waals surface area contributed by atoms with Crippen molar-refractivity contribution < 1.29 is 4.79 Å². The number of amides is 2. The zero-order valence-corrected chi connectivity index (χ0v) is 17.2. The van der Waals surface area contributed by atoms with Crippen LogP contribution < -0.4 is 15.1 Å². The third-order valence-corrected chi connectivity index (χ3v) is 4.29. The molecule has 1 aromatic heterocycles. The van der Waals surface area contributed by atoms with Crippen LogP contribution in [0.25, 0.3) is 0 Å². The number of benzene rings is 1. The molecule has 1 heterocycles. The van der Waals surface area contributed by atoms with Crippen molar-refractivity contribution in [2.24, 2.45) is 4.99 Å². The van der Waals surface area contributed by atoms with E-state index in [0.29, 0.717) is 24.0 Å². The van der Waals surface area contributed by atoms with Gasteiger partial charge in [-0.3, -0.25) is 4.90 Å². The second-order valence-corrected chi connectivity index (χ2v) is 6.19. The van der Waals surface area contributed by atoms with E-state index in [9.17, 15) is 4.79 Å². The van der Waals surface area contributed by atoms with E-state index in [-0.39, 0.29) is 6.03 Å². The maximum Gasteiger partial charge on any atom is 0.326 e. The first kappa shape index (κ1) is 21.3. The van der Waals surface area contributed by atoms with Crippen LogP contribution >= 0.6 is 0 Å². The van der Waals surface area contributed by atoms with E-state index < -0.39 is 0 Å². The number of nitrogens with zero attached hydrogens (tertiary/aromatic N) is 5. The van der Waals surface area contributed by atoms with Gasteiger partial charge in [0.2, 0.25) is 5.95 Å². The van der Waals surface area contributed by atoms with Gasteiger partial charge in [-0.05, 0) is 39.3 Å². The second kappa shape index (κ2) is 11.0. The van der Waals surface area contributed by atoms with E-state index in [4.69, 9.17) is 0 Å². The molecule has 1 N–H and O–H groups in total. The molecule has 2 aromatic rings. The highest BCUT2D eigenvalue weighted by atomic mass is 16.2. The summed E-state index contributed by atoms with van der Waals surface area (Å²) in [6.45, 7) is 10.2. The molecule has 2 amide bonds. The van der Waals surface area contributed by atoms with Crippen LogP contribution in [0, 0.1) is 0 Å². The van der Waals surface area contributed by atoms with Gasteiger partial charge in [-0.2, -0.15) is 4.98 Å². The molecule has 0 aliphatic heterocycles. The minimum atomic E-state index is -0.236. The first-order valence-electron chi connectivity index (χ1n) is 9.92. The molecule has 150 valence electrons. The van der Waals surface area contributed by atoms with Gasteiger partial charge < -0.3 is 10.2 Å². The maximum absolute atomic E-state index is 12.9. The zero-order chi connectivity index (χ0) is 20.4. The van der Waals surface area contributed by atoms with E-state index in [1.165, 1.54) is 0 Å². The van der Waals surface area contributed by atoms with Crippen LogP contribution in [0.5, 0.6) is 0 Å². The first-order chi connectivity index (χ1) is 13.6. The van der Waals surface area contributed by atoms with Gasteiger partial charge in [-0.25, -0.2) is 14.8 Å². The third kappa shape index (κ3) is 5.52.